The van der Waals surface area contributed by atoms with Crippen molar-refractivity contribution in [1.29, 1.82) is 0 Å². The number of fused-ring (bicyclic) bond motifs is 5. The van der Waals surface area contributed by atoms with Crippen LogP contribution in [0.25, 0.3) is 99.2 Å². The molecule has 10 aromatic heterocycles. The molecule has 0 N–H and O–H groups in total. The second kappa shape index (κ2) is 34.5. The number of carbonyl (C=O) groups excluding carboxylic acids is 6. The number of halogens is 1. The zero-order chi connectivity index (χ0) is 79.3. The second-order valence-electron chi connectivity index (χ2n) is 31.1. The molecule has 13 rings (SSSR count). The van der Waals surface area contributed by atoms with Crippen molar-refractivity contribution in [3.05, 3.63) is 135 Å². The first-order valence-corrected chi connectivity index (χ1v) is 75.6. The third-order valence-corrected chi connectivity index (χ3v) is 59.3. The number of ether oxygens (including phenoxy) is 6. The van der Waals surface area contributed by atoms with Crippen LogP contribution in [0.1, 0.15) is 104 Å². The quantitative estimate of drug-likeness (QED) is 0.0360. The van der Waals surface area contributed by atoms with E-state index in [0.29, 0.717) is 65.7 Å². The molecule has 28 heteroatoms. The van der Waals surface area contributed by atoms with Gasteiger partial charge in [-0.2, -0.15) is 0 Å². The number of rotatable bonds is 22. The molecule has 12 nitrogen and oxygen atoms in total. The Balaban J connectivity index is 0.000000213. The first kappa shape index (κ1) is 85.4. The van der Waals surface area contributed by atoms with Crippen molar-refractivity contribution in [3.63, 3.8) is 0 Å². The summed E-state index contributed by atoms with van der Waals surface area (Å²) >= 11 is 17.1. The van der Waals surface area contributed by atoms with Crippen LogP contribution in [0.3, 0.4) is 0 Å². The number of thiophene rings is 10. The summed E-state index contributed by atoms with van der Waals surface area (Å²) < 4.78 is 53.1. The number of esters is 6. The molecule has 3 aromatic carbocycles. The Bertz CT molecular complexity index is 5230. The molecule has 10 heterocycles. The zero-order valence-electron chi connectivity index (χ0n) is 65.3. The van der Waals surface area contributed by atoms with Crippen LogP contribution >= 0.6 is 129 Å². The Morgan fingerprint density at radius 1 is 0.275 bits per heavy atom. The molecule has 0 spiro atoms. The summed E-state index contributed by atoms with van der Waals surface area (Å²) in [4.78, 5) is 99.3. The molecule has 0 aliphatic heterocycles. The minimum absolute atomic E-state index is 0.185. The molecule has 109 heavy (non-hydrogen) atoms. The zero-order valence-corrected chi connectivity index (χ0v) is 83.8. The van der Waals surface area contributed by atoms with Gasteiger partial charge < -0.3 is 28.4 Å². The first-order chi connectivity index (χ1) is 51.2. The summed E-state index contributed by atoms with van der Waals surface area (Å²) in [6.07, 6.45) is 0. The van der Waals surface area contributed by atoms with Gasteiger partial charge in [-0.15, -0.1) is 90.7 Å². The van der Waals surface area contributed by atoms with Crippen LogP contribution in [-0.4, -0.2) is 136 Å². The van der Waals surface area contributed by atoms with Gasteiger partial charge in [0.15, 0.2) is 0 Å². The van der Waals surface area contributed by atoms with E-state index in [1.807, 2.05) is 23.5 Å². The molecular weight excluding hydrogens is 1890 g/mol. The van der Waals surface area contributed by atoms with Gasteiger partial charge in [0.2, 0.25) is 0 Å². The van der Waals surface area contributed by atoms with Crippen LogP contribution in [0.4, 0.5) is 0 Å². The maximum atomic E-state index is 13.8. The van der Waals surface area contributed by atoms with Gasteiger partial charge in [0.05, 0.1) is 97.2 Å². The van der Waals surface area contributed by atoms with Crippen molar-refractivity contribution < 1.29 is 57.2 Å². The topological polar surface area (TPSA) is 158 Å². The molecule has 0 saturated heterocycles. The predicted molar refractivity (Wildman–Crippen MR) is 491 cm³/mol. The summed E-state index contributed by atoms with van der Waals surface area (Å²) in [5.74, 6) is -2.74. The molecule has 0 radical (unpaired) electrons. The molecule has 13 aromatic rings. The van der Waals surface area contributed by atoms with E-state index < -0.39 is 96.8 Å². The Labute approximate surface area is 698 Å². The van der Waals surface area contributed by atoms with Crippen LogP contribution in [0.15, 0.2) is 102 Å². The van der Waals surface area contributed by atoms with E-state index in [1.165, 1.54) is 45.6 Å². The Hall–Kier alpha value is -4.49. The Morgan fingerprint density at radius 2 is 0.468 bits per heavy atom. The summed E-state index contributed by atoms with van der Waals surface area (Å²) in [6, 6.07) is 32.6. The standard InChI is InChI=1S/C48H48O8S6Si2.C21H23BrO4S2Si.C6H2S2.6CH3.2Sn/c1-11-53-45(49)29-17-27(35-21-39-41(59-35)23-43(61-39)63(5,6)7)31(47(51)55-13-3)15-25(29)33-19-37-38(57-33)20-34(58-37)26-16-32(48(52)56-14-4)28(18-30(26)46(50)54-12-2)36-22-40-42(60-36)24-44(62-40)64(8,9)10;1-6-25-20(23)13-9-15(22)14(21(24)26-7-2)8-12(13)16-10-17-18(27-16)11-19(28-17)29(3,4)5;1-3-7-6-2-4-8-5(1)6;;;;;;;;/h15-24H,11-14H2,1-10H3;8-11H,6-7H2,1-5H3;1-2H;6*1H3;;. The molecule has 0 amide bonds. The van der Waals surface area contributed by atoms with Gasteiger partial charge in [0.25, 0.3) is 0 Å². The van der Waals surface area contributed by atoms with Crippen molar-refractivity contribution in [2.24, 2.45) is 0 Å². The fourth-order valence-electron chi connectivity index (χ4n) is 11.7. The molecule has 0 unspecified atom stereocenters. The average Bonchev–Trinajstić information content (AvgIpc) is 1.69. The van der Waals surface area contributed by atoms with Gasteiger partial charge in [0, 0.05) is 94.3 Å². The number of benzene rings is 3. The Morgan fingerprint density at radius 3 is 0.679 bits per heavy atom. The fourth-order valence-corrected chi connectivity index (χ4v) is 41.5. The molecule has 0 bridgehead atoms. The predicted octanol–water partition coefficient (Wildman–Crippen LogP) is 24.3. The molecule has 0 saturated carbocycles. The summed E-state index contributed by atoms with van der Waals surface area (Å²) in [5, 5.41) is 0. The molecule has 0 atom stereocenters. The second-order valence-corrected chi connectivity index (χ2v) is 89.8. The normalized spacial score (nSPS) is 12.2. The van der Waals surface area contributed by atoms with Crippen LogP contribution < -0.4 is 19.3 Å². The summed E-state index contributed by atoms with van der Waals surface area (Å²) in [5.41, 5.74) is 5.34. The molecular formula is C81H91BrO12S10Si3Sn2. The van der Waals surface area contributed by atoms with Gasteiger partial charge in [-0.1, -0.05) is 58.9 Å². The van der Waals surface area contributed by atoms with E-state index in [-0.39, 0.29) is 39.6 Å². The third-order valence-electron chi connectivity index (χ3n) is 17.5. The van der Waals surface area contributed by atoms with Gasteiger partial charge >= 0.3 is 152 Å². The van der Waals surface area contributed by atoms with E-state index in [2.05, 4.69) is 176 Å². The number of hydrogen-bond acceptors (Lipinski definition) is 22. The average molecular weight is 1980 g/mol. The van der Waals surface area contributed by atoms with Gasteiger partial charge in [0.1, 0.15) is 0 Å². The molecule has 0 aliphatic rings. The van der Waals surface area contributed by atoms with E-state index in [1.54, 1.807) is 150 Å². The van der Waals surface area contributed by atoms with E-state index in [0.717, 1.165) is 52.6 Å². The Kier molecular flexibility index (Phi) is 27.0. The van der Waals surface area contributed by atoms with E-state index >= 15 is 0 Å². The minimum atomic E-state index is -1.82. The number of carbonyl (C=O) groups is 6. The SMILES string of the molecule is CCOC(=O)c1cc(-c2cc3sc([Si](C)(C)C)cc3s2)c(C(=O)OCC)cc1-c1cc2sc(-c3cc(C(=O)OCC)c(-c4cc5sc([Si](C)(C)C)cc5s4)cc3C(=O)OCC)cc2s1.CCOC(=O)c1cc(-c2cc3sc([Si](C)(C)C)cc3s2)c(C(=O)OCC)cc1Br.[CH3][Sn]([CH3])([CH3])[c]1cc2s[c]([Sn]([CH3])([CH3])[CH3])cc2s1. The van der Waals surface area contributed by atoms with Gasteiger partial charge in [-0.3, -0.25) is 0 Å². The van der Waals surface area contributed by atoms with Crippen LogP contribution in [0.2, 0.25) is 88.6 Å². The van der Waals surface area contributed by atoms with Crippen LogP contribution in [-0.2, 0) is 28.4 Å². The van der Waals surface area contributed by atoms with Crippen LogP contribution in [0.5, 0.6) is 0 Å². The first-order valence-electron chi connectivity index (χ1n) is 36.2. The fraction of sp³-hybridized carbons (Fsp3) is 0.333. The van der Waals surface area contributed by atoms with Gasteiger partial charge in [-0.05, 0) is 156 Å². The monoisotopic (exact) mass is 1980 g/mol. The van der Waals surface area contributed by atoms with Crippen molar-refractivity contribution in [2.45, 2.75) is 130 Å². The summed E-state index contributed by atoms with van der Waals surface area (Å²) in [7, 11) is -4.41. The van der Waals surface area contributed by atoms with Crippen molar-refractivity contribution in [2.75, 3.05) is 39.6 Å². The van der Waals surface area contributed by atoms with Gasteiger partial charge in [-0.25, -0.2) is 28.8 Å². The molecule has 574 valence electrons. The van der Waals surface area contributed by atoms with Crippen LogP contribution in [0, 0.1) is 0 Å². The third kappa shape index (κ3) is 19.2. The molecule has 0 fully saturated rings. The number of hydrogen-bond donors (Lipinski definition) is 0. The van der Waals surface area contributed by atoms with Crippen molar-refractivity contribution >= 4 is 292 Å². The molecule has 0 aliphatic carbocycles. The summed E-state index contributed by atoms with van der Waals surface area (Å²) in [6.45, 7) is 33.0. The maximum absolute atomic E-state index is 13.8. The van der Waals surface area contributed by atoms with E-state index in [4.69, 9.17) is 28.4 Å². The van der Waals surface area contributed by atoms with E-state index in [9.17, 15) is 28.8 Å². The van der Waals surface area contributed by atoms with Crippen molar-refractivity contribution in [1.82, 2.24) is 0 Å². The van der Waals surface area contributed by atoms with Crippen molar-refractivity contribution in [3.8, 4) is 52.2 Å².